The molecule has 1 fully saturated rings. The Kier molecular flexibility index (Phi) is 6.05. The fourth-order valence-electron chi connectivity index (χ4n) is 3.52. The summed E-state index contributed by atoms with van der Waals surface area (Å²) in [5, 5.41) is 4.25. The molecule has 4 nitrogen and oxygen atoms in total. The summed E-state index contributed by atoms with van der Waals surface area (Å²) in [5.74, 6) is 0.954. The lowest BCUT2D eigenvalue weighted by Gasteiger charge is -2.22. The SMILES string of the molecule is COc1ccccc1C(=O)N/N=C(\C)c1ccc(C2CCCCC2)cc1. The highest BCUT2D eigenvalue weighted by Gasteiger charge is 2.15. The van der Waals surface area contributed by atoms with Gasteiger partial charge in [0.05, 0.1) is 18.4 Å². The zero-order valence-electron chi connectivity index (χ0n) is 15.5. The van der Waals surface area contributed by atoms with Crippen molar-refractivity contribution in [3.05, 3.63) is 65.2 Å². The topological polar surface area (TPSA) is 50.7 Å². The molecule has 26 heavy (non-hydrogen) atoms. The van der Waals surface area contributed by atoms with Gasteiger partial charge < -0.3 is 4.74 Å². The first-order valence-electron chi connectivity index (χ1n) is 9.27. The lowest BCUT2D eigenvalue weighted by atomic mass is 9.84. The lowest BCUT2D eigenvalue weighted by molar-refractivity contribution is 0.0952. The Labute approximate surface area is 155 Å². The van der Waals surface area contributed by atoms with Gasteiger partial charge in [0.15, 0.2) is 0 Å². The lowest BCUT2D eigenvalue weighted by Crippen LogP contribution is -2.20. The van der Waals surface area contributed by atoms with Crippen molar-refractivity contribution in [3.63, 3.8) is 0 Å². The van der Waals surface area contributed by atoms with Crippen molar-refractivity contribution in [2.75, 3.05) is 7.11 Å². The van der Waals surface area contributed by atoms with Crippen molar-refractivity contribution in [2.45, 2.75) is 44.9 Å². The van der Waals surface area contributed by atoms with E-state index in [1.165, 1.54) is 37.7 Å². The first kappa shape index (κ1) is 18.2. The van der Waals surface area contributed by atoms with Gasteiger partial charge >= 0.3 is 0 Å². The van der Waals surface area contributed by atoms with Gasteiger partial charge in [0, 0.05) is 0 Å². The second-order valence-electron chi connectivity index (χ2n) is 6.80. The van der Waals surface area contributed by atoms with E-state index in [1.54, 1.807) is 25.3 Å². The smallest absolute Gasteiger partial charge is 0.275 e. The summed E-state index contributed by atoms with van der Waals surface area (Å²) in [6, 6.07) is 15.7. The van der Waals surface area contributed by atoms with Crippen molar-refractivity contribution >= 4 is 11.6 Å². The number of hydrazone groups is 1. The standard InChI is InChI=1S/C22H26N2O2/c1-16(23-24-22(25)20-10-6-7-11-21(20)26-2)17-12-14-19(15-13-17)18-8-4-3-5-9-18/h6-7,10-15,18H,3-5,8-9H2,1-2H3,(H,24,25)/b23-16+. The van der Waals surface area contributed by atoms with Gasteiger partial charge in [-0.2, -0.15) is 5.10 Å². The number of methoxy groups -OCH3 is 1. The molecule has 0 heterocycles. The third kappa shape index (κ3) is 4.31. The third-order valence-corrected chi connectivity index (χ3v) is 5.08. The summed E-state index contributed by atoms with van der Waals surface area (Å²) in [6.45, 7) is 1.90. The van der Waals surface area contributed by atoms with Crippen molar-refractivity contribution < 1.29 is 9.53 Å². The molecule has 2 aromatic rings. The molecule has 0 saturated heterocycles. The maximum absolute atomic E-state index is 12.3. The fourth-order valence-corrected chi connectivity index (χ4v) is 3.52. The van der Waals surface area contributed by atoms with Crippen molar-refractivity contribution in [2.24, 2.45) is 5.10 Å². The highest BCUT2D eigenvalue weighted by molar-refractivity contribution is 6.01. The summed E-state index contributed by atoms with van der Waals surface area (Å²) >= 11 is 0. The van der Waals surface area contributed by atoms with Gasteiger partial charge in [-0.3, -0.25) is 4.79 Å². The first-order valence-corrected chi connectivity index (χ1v) is 9.27. The summed E-state index contributed by atoms with van der Waals surface area (Å²) in [7, 11) is 1.55. The first-order chi connectivity index (χ1) is 12.7. The molecule has 0 aromatic heterocycles. The number of rotatable bonds is 5. The second kappa shape index (κ2) is 8.65. The molecule has 1 amide bonds. The fraction of sp³-hybridized carbons (Fsp3) is 0.364. The molecule has 0 unspecified atom stereocenters. The van der Waals surface area contributed by atoms with Crippen LogP contribution in [0.3, 0.4) is 0 Å². The molecule has 4 heteroatoms. The van der Waals surface area contributed by atoms with E-state index in [0.29, 0.717) is 17.2 Å². The van der Waals surface area contributed by atoms with Crippen LogP contribution in [0.2, 0.25) is 0 Å². The van der Waals surface area contributed by atoms with Gasteiger partial charge in [-0.1, -0.05) is 55.7 Å². The van der Waals surface area contributed by atoms with Crippen LogP contribution in [0.4, 0.5) is 0 Å². The van der Waals surface area contributed by atoms with Gasteiger partial charge in [-0.25, -0.2) is 5.43 Å². The second-order valence-corrected chi connectivity index (χ2v) is 6.80. The number of hydrogen-bond donors (Lipinski definition) is 1. The molecule has 1 aliphatic carbocycles. The van der Waals surface area contributed by atoms with Gasteiger partial charge in [-0.05, 0) is 48.9 Å². The Balaban J connectivity index is 1.66. The number of nitrogens with zero attached hydrogens (tertiary/aromatic N) is 1. The van der Waals surface area contributed by atoms with Crippen LogP contribution in [-0.4, -0.2) is 18.7 Å². The minimum atomic E-state index is -0.277. The summed E-state index contributed by atoms with van der Waals surface area (Å²) < 4.78 is 5.22. The maximum Gasteiger partial charge on any atom is 0.275 e. The van der Waals surface area contributed by atoms with Crippen LogP contribution in [0, 0.1) is 0 Å². The number of para-hydroxylation sites is 1. The number of hydrogen-bond acceptors (Lipinski definition) is 3. The van der Waals surface area contributed by atoms with E-state index in [9.17, 15) is 4.79 Å². The Hall–Kier alpha value is -2.62. The number of ether oxygens (including phenoxy) is 1. The molecule has 0 bridgehead atoms. The Morgan fingerprint density at radius 2 is 1.73 bits per heavy atom. The molecule has 2 aromatic carbocycles. The monoisotopic (exact) mass is 350 g/mol. The molecule has 1 N–H and O–H groups in total. The molecule has 0 radical (unpaired) electrons. The molecule has 1 aliphatic rings. The largest absolute Gasteiger partial charge is 0.496 e. The Morgan fingerprint density at radius 1 is 1.04 bits per heavy atom. The summed E-state index contributed by atoms with van der Waals surface area (Å²) in [5.41, 5.74) is 6.31. The number of amides is 1. The van der Waals surface area contributed by atoms with Crippen LogP contribution in [0.25, 0.3) is 0 Å². The summed E-state index contributed by atoms with van der Waals surface area (Å²) in [4.78, 5) is 12.3. The van der Waals surface area contributed by atoms with E-state index in [0.717, 1.165) is 11.3 Å². The van der Waals surface area contributed by atoms with Gasteiger partial charge in [0.2, 0.25) is 0 Å². The minimum absolute atomic E-state index is 0.277. The zero-order chi connectivity index (χ0) is 18.4. The van der Waals surface area contributed by atoms with Crippen LogP contribution in [0.5, 0.6) is 5.75 Å². The van der Waals surface area contributed by atoms with Gasteiger partial charge in [-0.15, -0.1) is 0 Å². The Morgan fingerprint density at radius 3 is 2.42 bits per heavy atom. The van der Waals surface area contributed by atoms with Crippen LogP contribution < -0.4 is 10.2 Å². The summed E-state index contributed by atoms with van der Waals surface area (Å²) in [6.07, 6.45) is 6.62. The predicted molar refractivity (Wildman–Crippen MR) is 105 cm³/mol. The molecule has 136 valence electrons. The quantitative estimate of drug-likeness (QED) is 0.616. The maximum atomic E-state index is 12.3. The van der Waals surface area contributed by atoms with E-state index >= 15 is 0 Å². The normalized spacial score (nSPS) is 15.5. The average Bonchev–Trinajstić information content (AvgIpc) is 2.72. The molecule has 1 saturated carbocycles. The van der Waals surface area contributed by atoms with Gasteiger partial charge in [0.25, 0.3) is 5.91 Å². The van der Waals surface area contributed by atoms with Crippen LogP contribution in [-0.2, 0) is 0 Å². The number of carbonyl (C=O) groups is 1. The number of carbonyl (C=O) groups excluding carboxylic acids is 1. The van der Waals surface area contributed by atoms with Crippen molar-refractivity contribution in [1.29, 1.82) is 0 Å². The van der Waals surface area contributed by atoms with Gasteiger partial charge in [0.1, 0.15) is 5.75 Å². The molecule has 0 aliphatic heterocycles. The highest BCUT2D eigenvalue weighted by Crippen LogP contribution is 2.32. The molecule has 0 spiro atoms. The minimum Gasteiger partial charge on any atom is -0.496 e. The molecule has 3 rings (SSSR count). The van der Waals surface area contributed by atoms with E-state index in [1.807, 2.05) is 13.0 Å². The van der Waals surface area contributed by atoms with Crippen LogP contribution >= 0.6 is 0 Å². The van der Waals surface area contributed by atoms with E-state index in [2.05, 4.69) is 34.8 Å². The predicted octanol–water partition coefficient (Wildman–Crippen LogP) is 4.90. The van der Waals surface area contributed by atoms with Crippen molar-refractivity contribution in [3.8, 4) is 5.75 Å². The van der Waals surface area contributed by atoms with E-state index in [-0.39, 0.29) is 5.91 Å². The molecule has 0 atom stereocenters. The number of nitrogens with one attached hydrogen (secondary N) is 1. The third-order valence-electron chi connectivity index (χ3n) is 5.08. The molecular formula is C22H26N2O2. The Bertz CT molecular complexity index is 775. The molecular weight excluding hydrogens is 324 g/mol. The average molecular weight is 350 g/mol. The van der Waals surface area contributed by atoms with Crippen molar-refractivity contribution in [1.82, 2.24) is 5.43 Å². The van der Waals surface area contributed by atoms with E-state index in [4.69, 9.17) is 4.74 Å². The number of benzene rings is 2. The highest BCUT2D eigenvalue weighted by atomic mass is 16.5. The van der Waals surface area contributed by atoms with Crippen LogP contribution in [0.15, 0.2) is 53.6 Å². The zero-order valence-corrected chi connectivity index (χ0v) is 15.5. The van der Waals surface area contributed by atoms with Crippen LogP contribution in [0.1, 0.15) is 66.4 Å². The van der Waals surface area contributed by atoms with E-state index < -0.39 is 0 Å².